The highest BCUT2D eigenvalue weighted by Crippen LogP contribution is 2.19. The molecule has 0 spiro atoms. The van der Waals surface area contributed by atoms with Gasteiger partial charge in [-0.3, -0.25) is 9.59 Å². The van der Waals surface area contributed by atoms with Gasteiger partial charge in [0.1, 0.15) is 12.4 Å². The molecule has 0 aliphatic carbocycles. The molecule has 134 valence electrons. The quantitative estimate of drug-likeness (QED) is 0.470. The topological polar surface area (TPSA) is 93.2 Å². The van der Waals surface area contributed by atoms with Gasteiger partial charge < -0.3 is 9.15 Å². The van der Waals surface area contributed by atoms with E-state index in [0.29, 0.717) is 18.2 Å². The Morgan fingerprint density at radius 3 is 2.52 bits per heavy atom. The summed E-state index contributed by atoms with van der Waals surface area (Å²) in [7, 11) is 0. The molecule has 6 nitrogen and oxygen atoms in total. The Morgan fingerprint density at radius 1 is 1.15 bits per heavy atom. The first-order chi connectivity index (χ1) is 13.1. The summed E-state index contributed by atoms with van der Waals surface area (Å²) < 4.78 is 10.6. The van der Waals surface area contributed by atoms with Crippen molar-refractivity contribution in [1.29, 1.82) is 5.26 Å². The van der Waals surface area contributed by atoms with Crippen molar-refractivity contribution in [1.82, 2.24) is 4.98 Å². The van der Waals surface area contributed by atoms with Crippen molar-refractivity contribution in [2.24, 2.45) is 5.92 Å². The minimum Gasteiger partial charge on any atom is -0.473 e. The molecule has 6 heteroatoms. The highest BCUT2D eigenvalue weighted by Gasteiger charge is 2.30. The van der Waals surface area contributed by atoms with E-state index >= 15 is 0 Å². The zero-order valence-corrected chi connectivity index (χ0v) is 14.6. The lowest BCUT2D eigenvalue weighted by atomic mass is 9.92. The molecule has 27 heavy (non-hydrogen) atoms. The van der Waals surface area contributed by atoms with Crippen LogP contribution in [-0.2, 0) is 6.61 Å². The van der Waals surface area contributed by atoms with Crippen LogP contribution in [0.15, 0.2) is 65.4 Å². The van der Waals surface area contributed by atoms with Crippen LogP contribution >= 0.6 is 0 Å². The first-order valence-electron chi connectivity index (χ1n) is 8.25. The molecule has 0 radical (unpaired) electrons. The Bertz CT molecular complexity index is 985. The van der Waals surface area contributed by atoms with Gasteiger partial charge in [0.25, 0.3) is 0 Å². The van der Waals surface area contributed by atoms with Gasteiger partial charge in [-0.1, -0.05) is 30.3 Å². The first kappa shape index (κ1) is 18.1. The Balaban J connectivity index is 1.70. The highest BCUT2D eigenvalue weighted by molar-refractivity contribution is 6.18. The molecule has 3 aromatic rings. The molecule has 0 aliphatic heterocycles. The minimum absolute atomic E-state index is 0.170. The van der Waals surface area contributed by atoms with Crippen LogP contribution in [-0.4, -0.2) is 16.6 Å². The van der Waals surface area contributed by atoms with Gasteiger partial charge in [0, 0.05) is 17.8 Å². The third kappa shape index (κ3) is 4.10. The fraction of sp³-hybridized carbons (Fsp3) is 0.143. The molecule has 0 aliphatic rings. The van der Waals surface area contributed by atoms with Gasteiger partial charge in [-0.15, -0.1) is 0 Å². The Kier molecular flexibility index (Phi) is 5.43. The van der Waals surface area contributed by atoms with Crippen LogP contribution in [0, 0.1) is 24.2 Å². The number of ketones is 2. The molecule has 2 aromatic heterocycles. The molecule has 0 unspecified atom stereocenters. The van der Waals surface area contributed by atoms with Crippen LogP contribution in [0.25, 0.3) is 0 Å². The normalized spacial score (nSPS) is 11.4. The molecular weight excluding hydrogens is 344 g/mol. The van der Waals surface area contributed by atoms with Crippen LogP contribution in [0.1, 0.15) is 32.0 Å². The molecule has 0 saturated carbocycles. The van der Waals surface area contributed by atoms with E-state index in [2.05, 4.69) is 4.98 Å². The number of nitrogens with zero attached hydrogens (tertiary/aromatic N) is 2. The van der Waals surface area contributed by atoms with Crippen molar-refractivity contribution in [3.63, 3.8) is 0 Å². The monoisotopic (exact) mass is 360 g/mol. The number of carbonyl (C=O) groups is 2. The second-order valence-corrected chi connectivity index (χ2v) is 5.84. The standard InChI is InChI=1S/C21H16N2O4/c1-14-17(9-10-26-14)21(25)18(11-22)20(24)16-7-8-19(23-12-16)27-13-15-5-3-2-4-6-15/h2-10,12,18H,13H2,1H3/t18-/m1/s1. The summed E-state index contributed by atoms with van der Waals surface area (Å²) in [6.45, 7) is 1.95. The number of aromatic nitrogens is 1. The maximum Gasteiger partial charge on any atom is 0.213 e. The van der Waals surface area contributed by atoms with Crippen molar-refractivity contribution in [2.75, 3.05) is 0 Å². The van der Waals surface area contributed by atoms with E-state index in [9.17, 15) is 14.9 Å². The number of ether oxygens (including phenoxy) is 1. The molecule has 0 amide bonds. The predicted octanol–water partition coefficient (Wildman–Crippen LogP) is 3.77. The van der Waals surface area contributed by atoms with Gasteiger partial charge in [-0.2, -0.15) is 5.26 Å². The van der Waals surface area contributed by atoms with Crippen molar-refractivity contribution >= 4 is 11.6 Å². The summed E-state index contributed by atoms with van der Waals surface area (Å²) in [5, 5.41) is 9.32. The summed E-state index contributed by atoms with van der Waals surface area (Å²) in [4.78, 5) is 29.1. The van der Waals surface area contributed by atoms with Crippen LogP contribution in [0.3, 0.4) is 0 Å². The van der Waals surface area contributed by atoms with E-state index in [-0.39, 0.29) is 11.1 Å². The molecule has 0 fully saturated rings. The van der Waals surface area contributed by atoms with Crippen LogP contribution < -0.4 is 4.74 Å². The third-order valence-corrected chi connectivity index (χ3v) is 4.03. The molecule has 0 N–H and O–H groups in total. The lowest BCUT2D eigenvalue weighted by Gasteiger charge is -2.08. The molecular formula is C21H16N2O4. The summed E-state index contributed by atoms with van der Waals surface area (Å²) >= 11 is 0. The van der Waals surface area contributed by atoms with Crippen LogP contribution in [0.5, 0.6) is 5.88 Å². The van der Waals surface area contributed by atoms with Gasteiger partial charge in [-0.05, 0) is 24.6 Å². The summed E-state index contributed by atoms with van der Waals surface area (Å²) in [6.07, 6.45) is 2.66. The number of rotatable bonds is 7. The number of nitriles is 1. The van der Waals surface area contributed by atoms with E-state index < -0.39 is 17.5 Å². The largest absolute Gasteiger partial charge is 0.473 e. The van der Waals surface area contributed by atoms with Crippen molar-refractivity contribution in [2.45, 2.75) is 13.5 Å². The number of hydrogen-bond acceptors (Lipinski definition) is 6. The van der Waals surface area contributed by atoms with Crippen LogP contribution in [0.2, 0.25) is 0 Å². The van der Waals surface area contributed by atoms with Gasteiger partial charge in [-0.25, -0.2) is 4.98 Å². The van der Waals surface area contributed by atoms with E-state index in [4.69, 9.17) is 9.15 Å². The predicted molar refractivity (Wildman–Crippen MR) is 96.2 cm³/mol. The fourth-order valence-corrected chi connectivity index (χ4v) is 2.54. The average Bonchev–Trinajstić information content (AvgIpc) is 3.14. The lowest BCUT2D eigenvalue weighted by molar-refractivity contribution is 0.0845. The molecule has 1 aromatic carbocycles. The van der Waals surface area contributed by atoms with E-state index in [0.717, 1.165) is 5.56 Å². The third-order valence-electron chi connectivity index (χ3n) is 4.03. The van der Waals surface area contributed by atoms with Gasteiger partial charge >= 0.3 is 0 Å². The highest BCUT2D eigenvalue weighted by atomic mass is 16.5. The molecule has 0 bridgehead atoms. The fourth-order valence-electron chi connectivity index (χ4n) is 2.54. The zero-order valence-electron chi connectivity index (χ0n) is 14.6. The number of Topliss-reactive ketones (excluding diaryl/α,β-unsaturated/α-hetero) is 2. The van der Waals surface area contributed by atoms with Crippen molar-refractivity contribution < 1.29 is 18.7 Å². The van der Waals surface area contributed by atoms with Crippen LogP contribution in [0.4, 0.5) is 0 Å². The maximum atomic E-state index is 12.6. The van der Waals surface area contributed by atoms with Gasteiger partial charge in [0.2, 0.25) is 5.88 Å². The second kappa shape index (κ2) is 8.11. The average molecular weight is 360 g/mol. The number of aryl methyl sites for hydroxylation is 1. The van der Waals surface area contributed by atoms with Gasteiger partial charge in [0.15, 0.2) is 17.5 Å². The maximum absolute atomic E-state index is 12.6. The first-order valence-corrected chi connectivity index (χ1v) is 8.25. The molecule has 1 atom stereocenters. The zero-order chi connectivity index (χ0) is 19.2. The second-order valence-electron chi connectivity index (χ2n) is 5.84. The SMILES string of the molecule is Cc1occc1C(=O)[C@H](C#N)C(=O)c1ccc(OCc2ccccc2)nc1. The lowest BCUT2D eigenvalue weighted by Crippen LogP contribution is -2.23. The number of benzene rings is 1. The summed E-state index contributed by atoms with van der Waals surface area (Å²) in [5.41, 5.74) is 1.39. The smallest absolute Gasteiger partial charge is 0.213 e. The molecule has 3 rings (SSSR count). The minimum atomic E-state index is -1.45. The van der Waals surface area contributed by atoms with E-state index in [1.165, 1.54) is 30.7 Å². The molecule has 2 heterocycles. The van der Waals surface area contributed by atoms with E-state index in [1.807, 2.05) is 30.3 Å². The van der Waals surface area contributed by atoms with Crippen molar-refractivity contribution in [3.05, 3.63) is 83.4 Å². The number of furan rings is 1. The van der Waals surface area contributed by atoms with E-state index in [1.54, 1.807) is 13.0 Å². The van der Waals surface area contributed by atoms with Gasteiger partial charge in [0.05, 0.1) is 17.9 Å². The Morgan fingerprint density at radius 2 is 1.93 bits per heavy atom. The summed E-state index contributed by atoms with van der Waals surface area (Å²) in [6, 6.07) is 15.9. The summed E-state index contributed by atoms with van der Waals surface area (Å²) in [5.74, 6) is -1.92. The molecule has 0 saturated heterocycles. The van der Waals surface area contributed by atoms with Crippen molar-refractivity contribution in [3.8, 4) is 11.9 Å². The Hall–Kier alpha value is -3.72. The number of carbonyl (C=O) groups excluding carboxylic acids is 2. The number of pyridine rings is 1. The Labute approximate surface area is 156 Å². The number of hydrogen-bond donors (Lipinski definition) is 0.